The fourth-order valence-electron chi connectivity index (χ4n) is 3.52. The molecule has 3 rings (SSSR count). The van der Waals surface area contributed by atoms with Crippen molar-refractivity contribution in [1.82, 2.24) is 14.7 Å². The number of hydrogen-bond acceptors (Lipinski definition) is 4. The van der Waals surface area contributed by atoms with E-state index in [4.69, 9.17) is 21.4 Å². The van der Waals surface area contributed by atoms with E-state index in [1.165, 1.54) is 4.90 Å². The smallest absolute Gasteiger partial charge is 0.254 e. The van der Waals surface area contributed by atoms with Crippen LogP contribution in [0.5, 0.6) is 0 Å². The van der Waals surface area contributed by atoms with E-state index >= 15 is 0 Å². The Labute approximate surface area is 212 Å². The number of aromatic nitrogens is 2. The molecule has 0 bridgehead atoms. The molecule has 2 amide bonds. The largest absolute Gasteiger partial charge is 0.383 e. The van der Waals surface area contributed by atoms with Crippen molar-refractivity contribution in [3.05, 3.63) is 76.4 Å². The number of para-hydroxylation sites is 1. The number of amides is 2. The third kappa shape index (κ3) is 6.71. The Morgan fingerprint density at radius 1 is 1.11 bits per heavy atom. The zero-order chi connectivity index (χ0) is 25.6. The van der Waals surface area contributed by atoms with Crippen LogP contribution in [0, 0.1) is 0 Å². The number of benzene rings is 2. The molecule has 1 heterocycles. The first-order valence-corrected chi connectivity index (χ1v) is 12.0. The number of hydrogen-bond donors (Lipinski definition) is 1. The average molecular weight is 497 g/mol. The maximum atomic E-state index is 13.2. The Morgan fingerprint density at radius 3 is 2.40 bits per heavy atom. The van der Waals surface area contributed by atoms with E-state index < -0.39 is 0 Å². The lowest BCUT2D eigenvalue weighted by molar-refractivity contribution is -0.117. The highest BCUT2D eigenvalue weighted by Crippen LogP contribution is 2.29. The minimum absolute atomic E-state index is 0.129. The van der Waals surface area contributed by atoms with Gasteiger partial charge in [-0.2, -0.15) is 5.10 Å². The number of aryl methyl sites for hydroxylation is 1. The second-order valence-corrected chi connectivity index (χ2v) is 9.75. The van der Waals surface area contributed by atoms with Crippen molar-refractivity contribution in [1.29, 1.82) is 0 Å². The topological polar surface area (TPSA) is 76.5 Å². The molecule has 35 heavy (non-hydrogen) atoms. The van der Waals surface area contributed by atoms with Crippen molar-refractivity contribution in [2.45, 2.75) is 39.5 Å². The van der Waals surface area contributed by atoms with Gasteiger partial charge in [0.2, 0.25) is 5.91 Å². The summed E-state index contributed by atoms with van der Waals surface area (Å²) in [5, 5.41) is 8.15. The third-order valence-corrected chi connectivity index (χ3v) is 5.94. The van der Waals surface area contributed by atoms with E-state index in [0.717, 1.165) is 17.7 Å². The van der Waals surface area contributed by atoms with E-state index in [0.29, 0.717) is 28.7 Å². The molecule has 7 nitrogen and oxygen atoms in total. The summed E-state index contributed by atoms with van der Waals surface area (Å²) in [6.07, 6.45) is 0.889. The number of halogens is 1. The third-order valence-electron chi connectivity index (χ3n) is 5.62. The first-order chi connectivity index (χ1) is 16.6. The summed E-state index contributed by atoms with van der Waals surface area (Å²) in [6, 6.07) is 16.6. The summed E-state index contributed by atoms with van der Waals surface area (Å²) >= 11 is 6.42. The Bertz CT molecular complexity index is 1170. The van der Waals surface area contributed by atoms with Gasteiger partial charge in [-0.3, -0.25) is 9.59 Å². The molecule has 0 unspecified atom stereocenters. The van der Waals surface area contributed by atoms with Gasteiger partial charge < -0.3 is 15.0 Å². The number of methoxy groups -OCH3 is 1. The molecule has 0 aliphatic carbocycles. The average Bonchev–Trinajstić information content (AvgIpc) is 3.25. The van der Waals surface area contributed by atoms with Crippen LogP contribution in [-0.4, -0.2) is 53.3 Å². The normalized spacial score (nSPS) is 11.4. The lowest BCUT2D eigenvalue weighted by Gasteiger charge is -2.22. The molecule has 0 spiro atoms. The van der Waals surface area contributed by atoms with Gasteiger partial charge >= 0.3 is 0 Å². The van der Waals surface area contributed by atoms with Crippen molar-refractivity contribution < 1.29 is 14.3 Å². The van der Waals surface area contributed by atoms with Gasteiger partial charge in [0.05, 0.1) is 23.0 Å². The second kappa shape index (κ2) is 11.5. The van der Waals surface area contributed by atoms with Crippen LogP contribution in [0.3, 0.4) is 0 Å². The van der Waals surface area contributed by atoms with Crippen LogP contribution >= 0.6 is 11.6 Å². The maximum Gasteiger partial charge on any atom is 0.254 e. The summed E-state index contributed by atoms with van der Waals surface area (Å²) in [7, 11) is 1.56. The summed E-state index contributed by atoms with van der Waals surface area (Å²) < 4.78 is 6.80. The van der Waals surface area contributed by atoms with Crippen LogP contribution in [0.1, 0.15) is 49.3 Å². The number of anilines is 1. The van der Waals surface area contributed by atoms with Crippen molar-refractivity contribution in [3.63, 3.8) is 0 Å². The Hall–Kier alpha value is -3.16. The highest BCUT2D eigenvalue weighted by Gasteiger charge is 2.24. The summed E-state index contributed by atoms with van der Waals surface area (Å²) in [4.78, 5) is 27.8. The first kappa shape index (κ1) is 26.4. The molecule has 0 saturated carbocycles. The van der Waals surface area contributed by atoms with Gasteiger partial charge in [0.15, 0.2) is 0 Å². The zero-order valence-corrected chi connectivity index (χ0v) is 21.7. The molecule has 3 aromatic rings. The highest BCUT2D eigenvalue weighted by atomic mass is 35.5. The van der Waals surface area contributed by atoms with Gasteiger partial charge in [0.25, 0.3) is 5.91 Å². The maximum absolute atomic E-state index is 13.2. The number of carbonyl (C=O) groups is 2. The molecule has 0 saturated heterocycles. The molecule has 1 N–H and O–H groups in total. The summed E-state index contributed by atoms with van der Waals surface area (Å²) in [5.41, 5.74) is 2.89. The number of carbonyl (C=O) groups excluding carboxylic acids is 2. The minimum atomic E-state index is -0.340. The van der Waals surface area contributed by atoms with Gasteiger partial charge in [-0.1, -0.05) is 63.6 Å². The van der Waals surface area contributed by atoms with Crippen LogP contribution in [0.2, 0.25) is 5.02 Å². The number of rotatable bonds is 9. The lowest BCUT2D eigenvalue weighted by Crippen LogP contribution is -2.40. The molecule has 0 aliphatic rings. The molecular weight excluding hydrogens is 464 g/mol. The minimum Gasteiger partial charge on any atom is -0.383 e. The van der Waals surface area contributed by atoms with Crippen molar-refractivity contribution in [2.75, 3.05) is 32.1 Å². The lowest BCUT2D eigenvalue weighted by atomic mass is 9.92. The van der Waals surface area contributed by atoms with Crippen LogP contribution < -0.4 is 5.32 Å². The van der Waals surface area contributed by atoms with Gasteiger partial charge in [0, 0.05) is 30.7 Å². The van der Waals surface area contributed by atoms with Crippen LogP contribution in [0.4, 0.5) is 5.82 Å². The number of nitrogens with zero attached hydrogens (tertiary/aromatic N) is 3. The van der Waals surface area contributed by atoms with Crippen LogP contribution in [-0.2, 0) is 21.4 Å². The Morgan fingerprint density at radius 2 is 1.80 bits per heavy atom. The molecule has 8 heteroatoms. The quantitative estimate of drug-likeness (QED) is 0.446. The molecule has 0 fully saturated rings. The van der Waals surface area contributed by atoms with Gasteiger partial charge in [-0.05, 0) is 36.2 Å². The van der Waals surface area contributed by atoms with E-state index in [1.54, 1.807) is 30.0 Å². The second-order valence-electron chi connectivity index (χ2n) is 9.35. The zero-order valence-electron chi connectivity index (χ0n) is 21.0. The first-order valence-electron chi connectivity index (χ1n) is 11.7. The Kier molecular flexibility index (Phi) is 8.70. The number of nitrogens with one attached hydrogen (secondary N) is 1. The summed E-state index contributed by atoms with van der Waals surface area (Å²) in [5.74, 6) is -0.0809. The molecule has 0 radical (unpaired) electrons. The molecule has 0 atom stereocenters. The van der Waals surface area contributed by atoms with Gasteiger partial charge in [-0.15, -0.1) is 0 Å². The molecule has 1 aromatic heterocycles. The molecule has 2 aromatic carbocycles. The van der Waals surface area contributed by atoms with Crippen LogP contribution in [0.25, 0.3) is 5.69 Å². The van der Waals surface area contributed by atoms with Crippen molar-refractivity contribution in [3.8, 4) is 5.69 Å². The van der Waals surface area contributed by atoms with Crippen molar-refractivity contribution >= 4 is 29.2 Å². The van der Waals surface area contributed by atoms with Gasteiger partial charge in [-0.25, -0.2) is 4.68 Å². The predicted octanol–water partition coefficient (Wildman–Crippen LogP) is 5.11. The van der Waals surface area contributed by atoms with Crippen LogP contribution in [0.15, 0.2) is 54.6 Å². The van der Waals surface area contributed by atoms with E-state index in [9.17, 15) is 9.59 Å². The fourth-order valence-corrected chi connectivity index (χ4v) is 3.73. The summed E-state index contributed by atoms with van der Waals surface area (Å²) in [6.45, 7) is 8.68. The fraction of sp³-hybridized carbons (Fsp3) is 0.370. The van der Waals surface area contributed by atoms with E-state index in [2.05, 4.69) is 12.2 Å². The van der Waals surface area contributed by atoms with E-state index in [1.807, 2.05) is 57.2 Å². The van der Waals surface area contributed by atoms with Gasteiger partial charge in [0.1, 0.15) is 12.4 Å². The molecular formula is C27H33ClN4O3. The number of ether oxygens (including phenoxy) is 1. The Balaban J connectivity index is 1.85. The SMILES string of the molecule is CCc1ccc(C(=O)N(CCOC)CC(=O)Nc2cc(C(C)(C)C)nn2-c2ccccc2Cl)cc1. The van der Waals surface area contributed by atoms with Crippen molar-refractivity contribution in [2.24, 2.45) is 0 Å². The van der Waals surface area contributed by atoms with E-state index in [-0.39, 0.29) is 30.3 Å². The monoisotopic (exact) mass is 496 g/mol. The highest BCUT2D eigenvalue weighted by molar-refractivity contribution is 6.32. The predicted molar refractivity (Wildman–Crippen MR) is 140 cm³/mol. The molecule has 0 aliphatic heterocycles. The standard InChI is InChI=1S/C27H33ClN4O3/c1-6-19-11-13-20(14-12-19)26(34)31(15-16-35-5)18-25(33)29-24-17-23(27(2,3)4)30-32(24)22-10-8-7-9-21(22)28/h7-14,17H,6,15-16,18H2,1-5H3,(H,29,33). The molecule has 186 valence electrons.